The van der Waals surface area contributed by atoms with Crippen molar-refractivity contribution in [1.82, 2.24) is 10.2 Å². The maximum Gasteiger partial charge on any atom is 0.522 e. The van der Waals surface area contributed by atoms with E-state index in [1.165, 1.54) is 12.1 Å². The average molecular weight is 481 g/mol. The molecule has 1 N–H and O–H groups in total. The summed E-state index contributed by atoms with van der Waals surface area (Å²) in [6, 6.07) is 4.00. The Morgan fingerprint density at radius 2 is 1.94 bits per heavy atom. The number of amides is 1. The Labute approximate surface area is 188 Å². The van der Waals surface area contributed by atoms with Gasteiger partial charge in [-0.2, -0.15) is 0 Å². The zero-order valence-electron chi connectivity index (χ0n) is 17.5. The van der Waals surface area contributed by atoms with Gasteiger partial charge in [0, 0.05) is 36.5 Å². The first-order valence-electron chi connectivity index (χ1n) is 10.4. The molecule has 178 valence electrons. The Bertz CT molecular complexity index is 843. The van der Waals surface area contributed by atoms with E-state index < -0.39 is 18.3 Å². The first-order valence-corrected chi connectivity index (χ1v) is 10.8. The van der Waals surface area contributed by atoms with Crippen LogP contribution in [-0.4, -0.2) is 67.3 Å². The molecule has 0 unspecified atom stereocenters. The Morgan fingerprint density at radius 3 is 2.56 bits per heavy atom. The molecule has 0 atom stereocenters. The molecule has 2 bridgehead atoms. The van der Waals surface area contributed by atoms with Crippen LogP contribution in [0.1, 0.15) is 32.1 Å². The van der Waals surface area contributed by atoms with Crippen molar-refractivity contribution >= 4 is 17.5 Å². The van der Waals surface area contributed by atoms with Crippen LogP contribution in [0, 0.1) is 5.82 Å². The number of rotatable bonds is 10. The molecule has 0 radical (unpaired) electrons. The minimum absolute atomic E-state index is 0.0113. The van der Waals surface area contributed by atoms with Gasteiger partial charge in [-0.3, -0.25) is 14.4 Å². The summed E-state index contributed by atoms with van der Waals surface area (Å²) in [6.45, 7) is 0.892. The van der Waals surface area contributed by atoms with Crippen molar-refractivity contribution in [3.05, 3.63) is 29.0 Å². The highest BCUT2D eigenvalue weighted by atomic mass is 35.5. The molecule has 0 aliphatic heterocycles. The lowest BCUT2D eigenvalue weighted by atomic mass is 9.43. The molecule has 4 saturated carbocycles. The Kier molecular flexibility index (Phi) is 6.34. The molecule has 0 spiro atoms. The molecule has 4 aliphatic carbocycles. The second-order valence-corrected chi connectivity index (χ2v) is 9.43. The van der Waals surface area contributed by atoms with Gasteiger partial charge in [0.15, 0.2) is 6.61 Å². The molecule has 6 nitrogen and oxygen atoms in total. The first-order chi connectivity index (χ1) is 15.0. The normalized spacial score (nSPS) is 30.8. The molecule has 0 heterocycles. The fourth-order valence-electron chi connectivity index (χ4n) is 4.85. The summed E-state index contributed by atoms with van der Waals surface area (Å²) >= 11 is 5.62. The van der Waals surface area contributed by atoms with E-state index in [1.807, 2.05) is 7.05 Å². The molecular formula is C21H25ClF4N2O4. The highest BCUT2D eigenvalue weighted by Crippen LogP contribution is 2.63. The van der Waals surface area contributed by atoms with Crippen LogP contribution in [0.25, 0.3) is 0 Å². The number of carbonyl (C=O) groups is 1. The first kappa shape index (κ1) is 23.5. The largest absolute Gasteiger partial charge is 0.522 e. The molecule has 32 heavy (non-hydrogen) atoms. The van der Waals surface area contributed by atoms with Gasteiger partial charge in [-0.05, 0) is 38.4 Å². The fraction of sp³-hybridized carbons (Fsp3) is 0.667. The lowest BCUT2D eigenvalue weighted by Crippen LogP contribution is -2.83. The number of nitrogens with one attached hydrogen (secondary N) is 1. The van der Waals surface area contributed by atoms with Crippen LogP contribution >= 0.6 is 11.6 Å². The van der Waals surface area contributed by atoms with E-state index >= 15 is 0 Å². The van der Waals surface area contributed by atoms with Crippen molar-refractivity contribution in [3.63, 3.8) is 0 Å². The molecule has 0 aromatic heterocycles. The predicted molar refractivity (Wildman–Crippen MR) is 107 cm³/mol. The van der Waals surface area contributed by atoms with Gasteiger partial charge in [-0.15, -0.1) is 13.2 Å². The number of ether oxygens (including phenoxy) is 3. The molecule has 4 aliphatic rings. The van der Waals surface area contributed by atoms with Crippen molar-refractivity contribution in [2.45, 2.75) is 61.8 Å². The third kappa shape index (κ3) is 5.13. The van der Waals surface area contributed by atoms with E-state index in [0.717, 1.165) is 25.3 Å². The number of alkyl halides is 3. The molecule has 11 heteroatoms. The maximum atomic E-state index is 13.4. The minimum Gasteiger partial charge on any atom is -0.484 e. The predicted octanol–water partition coefficient (Wildman–Crippen LogP) is 3.67. The van der Waals surface area contributed by atoms with Crippen molar-refractivity contribution in [3.8, 4) is 5.75 Å². The van der Waals surface area contributed by atoms with Crippen molar-refractivity contribution in [2.24, 2.45) is 0 Å². The molecule has 0 saturated heterocycles. The van der Waals surface area contributed by atoms with Gasteiger partial charge in [0.05, 0.1) is 23.8 Å². The monoisotopic (exact) mass is 480 g/mol. The fourth-order valence-corrected chi connectivity index (χ4v) is 4.97. The van der Waals surface area contributed by atoms with E-state index in [-0.39, 0.29) is 53.3 Å². The topological polar surface area (TPSA) is 60.0 Å². The van der Waals surface area contributed by atoms with Crippen molar-refractivity contribution in [1.29, 1.82) is 0 Å². The lowest BCUT2D eigenvalue weighted by Gasteiger charge is -2.73. The second kappa shape index (κ2) is 8.62. The number of carbonyl (C=O) groups excluding carboxylic acids is 1. The lowest BCUT2D eigenvalue weighted by molar-refractivity contribution is -0.357. The summed E-state index contributed by atoms with van der Waals surface area (Å²) in [7, 11) is 1.99. The summed E-state index contributed by atoms with van der Waals surface area (Å²) < 4.78 is 64.7. The average Bonchev–Trinajstić information content (AvgIpc) is 2.61. The van der Waals surface area contributed by atoms with E-state index in [0.29, 0.717) is 13.2 Å². The van der Waals surface area contributed by atoms with Crippen LogP contribution in [0.5, 0.6) is 5.75 Å². The third-order valence-corrected chi connectivity index (χ3v) is 6.92. The van der Waals surface area contributed by atoms with Gasteiger partial charge in [-0.1, -0.05) is 11.6 Å². The molecule has 1 amide bonds. The van der Waals surface area contributed by atoms with Gasteiger partial charge < -0.3 is 14.8 Å². The summed E-state index contributed by atoms with van der Waals surface area (Å²) in [6.07, 6.45) is -2.60. The van der Waals surface area contributed by atoms with Crippen LogP contribution in [0.3, 0.4) is 0 Å². The van der Waals surface area contributed by atoms with Gasteiger partial charge in [0.1, 0.15) is 11.6 Å². The van der Waals surface area contributed by atoms with Crippen LogP contribution in [0.15, 0.2) is 18.2 Å². The second-order valence-electron chi connectivity index (χ2n) is 9.02. The van der Waals surface area contributed by atoms with Crippen LogP contribution in [-0.2, 0) is 14.3 Å². The molecular weight excluding hydrogens is 456 g/mol. The van der Waals surface area contributed by atoms with Gasteiger partial charge >= 0.3 is 6.36 Å². The van der Waals surface area contributed by atoms with Gasteiger partial charge in [0.25, 0.3) is 5.91 Å². The highest BCUT2D eigenvalue weighted by molar-refractivity contribution is 6.30. The van der Waals surface area contributed by atoms with Crippen LogP contribution < -0.4 is 10.1 Å². The summed E-state index contributed by atoms with van der Waals surface area (Å²) in [5, 5.41) is 2.99. The SMILES string of the molecule is CN(CCOC1CC(OC(F)(F)F)C1)C12CC(NC(=O)COc3ccc(Cl)c(F)c3)(C1)C2. The Morgan fingerprint density at radius 1 is 1.25 bits per heavy atom. The Hall–Kier alpha value is -1.62. The molecule has 5 rings (SSSR count). The van der Waals surface area contributed by atoms with E-state index in [2.05, 4.69) is 15.0 Å². The van der Waals surface area contributed by atoms with Gasteiger partial charge in [-0.25, -0.2) is 4.39 Å². The number of halogens is 5. The van der Waals surface area contributed by atoms with Crippen molar-refractivity contribution in [2.75, 3.05) is 26.8 Å². The highest BCUT2D eigenvalue weighted by Gasteiger charge is 2.70. The molecule has 1 aromatic carbocycles. The minimum atomic E-state index is -4.59. The van der Waals surface area contributed by atoms with E-state index in [4.69, 9.17) is 21.1 Å². The van der Waals surface area contributed by atoms with E-state index in [9.17, 15) is 22.4 Å². The Balaban J connectivity index is 1.10. The zero-order chi connectivity index (χ0) is 23.1. The van der Waals surface area contributed by atoms with Gasteiger partial charge in [0.2, 0.25) is 0 Å². The molecule has 1 aromatic rings. The smallest absolute Gasteiger partial charge is 0.484 e. The number of hydrogen-bond donors (Lipinski definition) is 1. The van der Waals surface area contributed by atoms with Crippen LogP contribution in [0.4, 0.5) is 17.6 Å². The number of hydrogen-bond acceptors (Lipinski definition) is 5. The zero-order valence-corrected chi connectivity index (χ0v) is 18.3. The summed E-state index contributed by atoms with van der Waals surface area (Å²) in [4.78, 5) is 14.4. The quantitative estimate of drug-likeness (QED) is 0.518. The summed E-state index contributed by atoms with van der Waals surface area (Å²) in [5.74, 6) is -0.636. The van der Waals surface area contributed by atoms with Crippen LogP contribution in [0.2, 0.25) is 5.02 Å². The number of benzene rings is 1. The number of nitrogens with zero attached hydrogens (tertiary/aromatic N) is 1. The standard InChI is InChI=1S/C21H25ClF4N2O4/c1-28(4-5-30-14-6-15(7-14)32-21(24,25)26)20-10-19(11-20,12-20)27-18(29)9-31-13-2-3-16(22)17(23)8-13/h2-3,8,14-15H,4-7,9-12H2,1H3,(H,27,29). The van der Waals surface area contributed by atoms with Crippen molar-refractivity contribution < 1.29 is 36.6 Å². The van der Waals surface area contributed by atoms with E-state index in [1.54, 1.807) is 0 Å². The summed E-state index contributed by atoms with van der Waals surface area (Å²) in [5.41, 5.74) is -0.199. The maximum absolute atomic E-state index is 13.4. The molecule has 4 fully saturated rings. The third-order valence-electron chi connectivity index (χ3n) is 6.61. The number of likely N-dealkylation sites (N-methyl/N-ethyl adjacent to an activating group) is 1.